The number of nitrogens with zero attached hydrogens (tertiary/aromatic N) is 3. The van der Waals surface area contributed by atoms with Gasteiger partial charge in [-0.3, -0.25) is 33.9 Å². The van der Waals surface area contributed by atoms with Gasteiger partial charge in [0.2, 0.25) is 17.7 Å². The first-order valence-electron chi connectivity index (χ1n) is 12.8. The predicted octanol–water partition coefficient (Wildman–Crippen LogP) is 5.32. The van der Waals surface area contributed by atoms with E-state index in [-0.39, 0.29) is 22.8 Å². The van der Waals surface area contributed by atoms with Crippen molar-refractivity contribution in [2.24, 2.45) is 5.92 Å². The Morgan fingerprint density at radius 1 is 1.02 bits per heavy atom. The number of anilines is 2. The Hall–Kier alpha value is -4.07. The van der Waals surface area contributed by atoms with Crippen LogP contribution in [0.3, 0.4) is 0 Å². The standard InChI is InChI=1S/C29H21BrN4O6S2/c1-15-4-2-7-18(12-15)31-21(35)14-32-28-25(42-29(32)38)22(16-5-3-6-17(30)13-16)23-24(41-28)27(37)33(26(23)36)19-8-10-20(11-9-19)34(39)40/h2-13,22-24H,14H2,1H3,(H,31,35)/t22-,23-,24+/m0/s1. The fraction of sp³-hybridized carbons (Fsp3) is 0.172. The molecule has 1 saturated heterocycles. The minimum absolute atomic E-state index is 0.160. The van der Waals surface area contributed by atoms with Crippen molar-refractivity contribution in [3.8, 4) is 0 Å². The molecule has 0 unspecified atom stereocenters. The van der Waals surface area contributed by atoms with Crippen LogP contribution in [0.5, 0.6) is 0 Å². The van der Waals surface area contributed by atoms with E-state index in [1.807, 2.05) is 49.4 Å². The highest BCUT2D eigenvalue weighted by Crippen LogP contribution is 2.54. The van der Waals surface area contributed by atoms with Gasteiger partial charge in [-0.1, -0.05) is 63.3 Å². The minimum atomic E-state index is -0.871. The van der Waals surface area contributed by atoms with Crippen molar-refractivity contribution < 1.29 is 19.3 Å². The van der Waals surface area contributed by atoms with Crippen molar-refractivity contribution in [3.63, 3.8) is 0 Å². The van der Waals surface area contributed by atoms with Crippen LogP contribution in [0.1, 0.15) is 21.9 Å². The number of imide groups is 1. The molecule has 2 aliphatic rings. The maximum absolute atomic E-state index is 13.9. The normalized spacial score (nSPS) is 19.4. The molecule has 0 aliphatic carbocycles. The number of carbonyl (C=O) groups is 3. The summed E-state index contributed by atoms with van der Waals surface area (Å²) in [4.78, 5) is 66.0. The predicted molar refractivity (Wildman–Crippen MR) is 163 cm³/mol. The van der Waals surface area contributed by atoms with Crippen molar-refractivity contribution in [2.75, 3.05) is 10.2 Å². The number of nitrogens with one attached hydrogen (secondary N) is 1. The van der Waals surface area contributed by atoms with E-state index in [0.717, 1.165) is 43.6 Å². The third kappa shape index (κ3) is 4.97. The summed E-state index contributed by atoms with van der Waals surface area (Å²) in [5.74, 6) is -2.78. The van der Waals surface area contributed by atoms with Gasteiger partial charge in [0.1, 0.15) is 11.8 Å². The van der Waals surface area contributed by atoms with Crippen molar-refractivity contribution in [1.29, 1.82) is 0 Å². The highest BCUT2D eigenvalue weighted by Gasteiger charge is 2.56. The van der Waals surface area contributed by atoms with E-state index in [1.165, 1.54) is 28.8 Å². The molecule has 1 N–H and O–H groups in total. The average molecular weight is 666 g/mol. The Bertz CT molecular complexity index is 1840. The molecule has 212 valence electrons. The molecule has 13 heteroatoms. The van der Waals surface area contributed by atoms with Gasteiger partial charge in [0, 0.05) is 33.1 Å². The van der Waals surface area contributed by atoms with Gasteiger partial charge in [-0.2, -0.15) is 0 Å². The number of thiazole rings is 1. The average Bonchev–Trinajstić information content (AvgIpc) is 3.39. The largest absolute Gasteiger partial charge is 0.325 e. The monoisotopic (exact) mass is 664 g/mol. The van der Waals surface area contributed by atoms with Gasteiger partial charge in [0.15, 0.2) is 0 Å². The third-order valence-electron chi connectivity index (χ3n) is 7.18. The fourth-order valence-corrected chi connectivity index (χ4v) is 8.55. The zero-order valence-electron chi connectivity index (χ0n) is 21.9. The Labute approximate surface area is 255 Å². The van der Waals surface area contributed by atoms with Crippen LogP contribution in [0.4, 0.5) is 17.1 Å². The molecule has 6 rings (SSSR count). The smallest absolute Gasteiger partial charge is 0.308 e. The van der Waals surface area contributed by atoms with Crippen LogP contribution >= 0.6 is 39.0 Å². The number of hydrogen-bond acceptors (Lipinski definition) is 8. The van der Waals surface area contributed by atoms with Crippen molar-refractivity contribution >= 4 is 73.8 Å². The highest BCUT2D eigenvalue weighted by molar-refractivity contribution is 9.10. The molecule has 3 atom stereocenters. The maximum Gasteiger partial charge on any atom is 0.308 e. The number of aryl methyl sites for hydroxylation is 1. The van der Waals surface area contributed by atoms with Gasteiger partial charge in [-0.15, -0.1) is 0 Å². The van der Waals surface area contributed by atoms with Crippen LogP contribution in [0.15, 0.2) is 87.1 Å². The number of hydrogen-bond donors (Lipinski definition) is 1. The lowest BCUT2D eigenvalue weighted by molar-refractivity contribution is -0.384. The lowest BCUT2D eigenvalue weighted by Gasteiger charge is -2.30. The Kier molecular flexibility index (Phi) is 7.33. The zero-order chi connectivity index (χ0) is 29.7. The first-order chi connectivity index (χ1) is 20.1. The van der Waals surface area contributed by atoms with Gasteiger partial charge in [-0.05, 0) is 54.4 Å². The van der Waals surface area contributed by atoms with Crippen molar-refractivity contribution in [2.45, 2.75) is 29.7 Å². The molecule has 3 heterocycles. The second-order valence-corrected chi connectivity index (χ2v) is 13.0. The molecule has 42 heavy (non-hydrogen) atoms. The number of thioether (sulfide) groups is 1. The maximum atomic E-state index is 13.9. The number of halogens is 1. The summed E-state index contributed by atoms with van der Waals surface area (Å²) in [6.45, 7) is 1.65. The van der Waals surface area contributed by atoms with Crippen LogP contribution in [-0.2, 0) is 20.9 Å². The molecule has 0 saturated carbocycles. The summed E-state index contributed by atoms with van der Waals surface area (Å²) >= 11 is 5.56. The van der Waals surface area contributed by atoms with E-state index in [0.29, 0.717) is 15.6 Å². The van der Waals surface area contributed by atoms with Crippen LogP contribution < -0.4 is 15.1 Å². The van der Waals surface area contributed by atoms with Crippen molar-refractivity contribution in [3.05, 3.63) is 113 Å². The summed E-state index contributed by atoms with van der Waals surface area (Å²) in [5, 5.41) is 13.6. The molecule has 0 radical (unpaired) electrons. The molecule has 3 aromatic carbocycles. The van der Waals surface area contributed by atoms with Gasteiger partial charge in [-0.25, -0.2) is 4.90 Å². The summed E-state index contributed by atoms with van der Waals surface area (Å²) < 4.78 is 2.13. The number of fused-ring (bicyclic) bond motifs is 2. The van der Waals surface area contributed by atoms with E-state index in [2.05, 4.69) is 21.2 Å². The highest BCUT2D eigenvalue weighted by atomic mass is 79.9. The number of rotatable bonds is 6. The molecule has 3 amide bonds. The molecular formula is C29H21BrN4O6S2. The van der Waals surface area contributed by atoms with Gasteiger partial charge in [0.05, 0.1) is 21.6 Å². The summed E-state index contributed by atoms with van der Waals surface area (Å²) in [6.07, 6.45) is 0. The second kappa shape index (κ2) is 11.0. The number of nitro groups is 1. The Morgan fingerprint density at radius 2 is 1.76 bits per heavy atom. The first kappa shape index (κ1) is 28.1. The number of aromatic nitrogens is 1. The third-order valence-corrected chi connectivity index (χ3v) is 10.3. The lowest BCUT2D eigenvalue weighted by atomic mass is 9.83. The second-order valence-electron chi connectivity index (χ2n) is 9.92. The number of amides is 3. The summed E-state index contributed by atoms with van der Waals surface area (Å²) in [5.41, 5.74) is 2.39. The topological polar surface area (TPSA) is 132 Å². The Morgan fingerprint density at radius 3 is 2.45 bits per heavy atom. The van der Waals surface area contributed by atoms with E-state index in [4.69, 9.17) is 0 Å². The summed E-state index contributed by atoms with van der Waals surface area (Å²) in [7, 11) is 0. The van der Waals surface area contributed by atoms with Crippen LogP contribution in [0.25, 0.3) is 0 Å². The van der Waals surface area contributed by atoms with Crippen LogP contribution in [-0.4, -0.2) is 32.5 Å². The van der Waals surface area contributed by atoms with Gasteiger partial charge in [0.25, 0.3) is 5.69 Å². The van der Waals surface area contributed by atoms with E-state index < -0.39 is 39.7 Å². The molecule has 10 nitrogen and oxygen atoms in total. The van der Waals surface area contributed by atoms with Crippen molar-refractivity contribution in [1.82, 2.24) is 4.57 Å². The lowest BCUT2D eigenvalue weighted by Crippen LogP contribution is -2.33. The Balaban J connectivity index is 1.40. The molecule has 1 fully saturated rings. The number of nitro benzene ring substituents is 1. The van der Waals surface area contributed by atoms with Gasteiger partial charge >= 0.3 is 4.87 Å². The SMILES string of the molecule is Cc1cccc(NC(=O)Cn2c3c(sc2=O)[C@@H](c2cccc(Br)c2)[C@@H]2C(=O)N(c4ccc([N+](=O)[O-])cc4)C(=O)[C@@H]2S3)c1. The van der Waals surface area contributed by atoms with Crippen LogP contribution in [0.2, 0.25) is 0 Å². The molecule has 0 spiro atoms. The molecule has 0 bridgehead atoms. The van der Waals surface area contributed by atoms with Crippen LogP contribution in [0, 0.1) is 23.0 Å². The summed E-state index contributed by atoms with van der Waals surface area (Å²) in [6, 6.07) is 19.9. The minimum Gasteiger partial charge on any atom is -0.325 e. The molecule has 1 aromatic heterocycles. The number of carbonyl (C=O) groups excluding carboxylic acids is 3. The van der Waals surface area contributed by atoms with Gasteiger partial charge < -0.3 is 5.32 Å². The van der Waals surface area contributed by atoms with E-state index in [9.17, 15) is 29.3 Å². The first-order valence-corrected chi connectivity index (χ1v) is 15.3. The molecule has 2 aliphatic heterocycles. The van der Waals surface area contributed by atoms with E-state index in [1.54, 1.807) is 6.07 Å². The number of benzene rings is 3. The molecule has 4 aromatic rings. The zero-order valence-corrected chi connectivity index (χ0v) is 25.1. The number of non-ortho nitro benzene ring substituents is 1. The van der Waals surface area contributed by atoms with E-state index >= 15 is 0 Å². The quantitative estimate of drug-likeness (QED) is 0.168. The fourth-order valence-electron chi connectivity index (χ4n) is 5.36. The molecular weight excluding hydrogens is 644 g/mol.